The van der Waals surface area contributed by atoms with Gasteiger partial charge >= 0.3 is 5.69 Å². The van der Waals surface area contributed by atoms with E-state index in [1.165, 1.54) is 7.05 Å². The van der Waals surface area contributed by atoms with E-state index in [4.69, 9.17) is 9.47 Å². The molecule has 0 saturated carbocycles. The van der Waals surface area contributed by atoms with Crippen LogP contribution in [0.3, 0.4) is 0 Å². The van der Waals surface area contributed by atoms with Crippen LogP contribution in [0.2, 0.25) is 0 Å². The molecule has 3 rings (SSSR count). The maximum absolute atomic E-state index is 12.3. The zero-order valence-electron chi connectivity index (χ0n) is 12.8. The Hall–Kier alpha value is -1.86. The number of H-pyrrole nitrogens is 1. The van der Waals surface area contributed by atoms with E-state index in [2.05, 4.69) is 11.6 Å². The van der Waals surface area contributed by atoms with Crippen molar-refractivity contribution in [3.05, 3.63) is 39.1 Å². The molecule has 0 atom stereocenters. The second kappa shape index (κ2) is 5.73. The molecule has 22 heavy (non-hydrogen) atoms. The molecule has 2 aliphatic heterocycles. The quantitative estimate of drug-likeness (QED) is 0.804. The van der Waals surface area contributed by atoms with Gasteiger partial charge in [0.25, 0.3) is 5.56 Å². The molecule has 0 aromatic carbocycles. The Labute approximate surface area is 128 Å². The first-order chi connectivity index (χ1) is 10.6. The topological polar surface area (TPSA) is 76.6 Å². The van der Waals surface area contributed by atoms with Crippen LogP contribution in [0.25, 0.3) is 0 Å². The van der Waals surface area contributed by atoms with Crippen LogP contribution >= 0.6 is 0 Å². The van der Waals surface area contributed by atoms with Gasteiger partial charge in [0, 0.05) is 33.0 Å². The number of nitrogens with one attached hydrogen (secondary N) is 1. The number of aromatic nitrogens is 2. The van der Waals surface area contributed by atoms with Crippen molar-refractivity contribution in [3.63, 3.8) is 0 Å². The number of nitrogens with zero attached hydrogens (tertiary/aromatic N) is 2. The van der Waals surface area contributed by atoms with Gasteiger partial charge in [0.05, 0.1) is 18.8 Å². The summed E-state index contributed by atoms with van der Waals surface area (Å²) in [6.45, 7) is 6.30. The molecule has 0 radical (unpaired) electrons. The van der Waals surface area contributed by atoms with Gasteiger partial charge in [0.1, 0.15) is 5.82 Å². The smallest absolute Gasteiger partial charge is 0.329 e. The van der Waals surface area contributed by atoms with Crippen molar-refractivity contribution in [1.29, 1.82) is 0 Å². The first-order valence-corrected chi connectivity index (χ1v) is 7.52. The Bertz CT molecular complexity index is 675. The highest BCUT2D eigenvalue weighted by atomic mass is 16.7. The number of aromatic amines is 1. The Morgan fingerprint density at radius 2 is 1.91 bits per heavy atom. The van der Waals surface area contributed by atoms with Gasteiger partial charge < -0.3 is 14.4 Å². The minimum absolute atomic E-state index is 0.271. The summed E-state index contributed by atoms with van der Waals surface area (Å²) in [6.07, 6.45) is 3.54. The van der Waals surface area contributed by atoms with E-state index >= 15 is 0 Å². The molecule has 2 aliphatic rings. The molecule has 2 fully saturated rings. The zero-order valence-corrected chi connectivity index (χ0v) is 12.8. The number of piperidine rings is 1. The van der Waals surface area contributed by atoms with E-state index in [1.54, 1.807) is 6.08 Å². The summed E-state index contributed by atoms with van der Waals surface area (Å²) in [4.78, 5) is 29.1. The molecule has 0 unspecified atom stereocenters. The number of anilines is 1. The van der Waals surface area contributed by atoms with Crippen molar-refractivity contribution in [3.8, 4) is 0 Å². The molecule has 0 bridgehead atoms. The van der Waals surface area contributed by atoms with Crippen molar-refractivity contribution in [1.82, 2.24) is 9.55 Å². The first-order valence-electron chi connectivity index (χ1n) is 7.52. The maximum Gasteiger partial charge on any atom is 0.329 e. The summed E-state index contributed by atoms with van der Waals surface area (Å²) in [7, 11) is 1.48. The summed E-state index contributed by atoms with van der Waals surface area (Å²) in [5.74, 6) is 0.121. The van der Waals surface area contributed by atoms with Gasteiger partial charge in [0.15, 0.2) is 5.79 Å². The molecular weight excluding hydrogens is 286 g/mol. The van der Waals surface area contributed by atoms with E-state index in [-0.39, 0.29) is 5.56 Å². The second-order valence-corrected chi connectivity index (χ2v) is 5.71. The van der Waals surface area contributed by atoms with E-state index < -0.39 is 11.5 Å². The third kappa shape index (κ3) is 2.50. The third-order valence-electron chi connectivity index (χ3n) is 4.38. The summed E-state index contributed by atoms with van der Waals surface area (Å²) in [5, 5.41) is 0. The highest BCUT2D eigenvalue weighted by Crippen LogP contribution is 2.32. The van der Waals surface area contributed by atoms with Gasteiger partial charge in [-0.2, -0.15) is 0 Å². The summed E-state index contributed by atoms with van der Waals surface area (Å²) in [5.41, 5.74) is -0.102. The molecule has 1 spiro atoms. The predicted molar refractivity (Wildman–Crippen MR) is 82.3 cm³/mol. The van der Waals surface area contributed by atoms with Gasteiger partial charge in [0.2, 0.25) is 0 Å². The first kappa shape index (κ1) is 15.1. The molecule has 1 aromatic rings. The van der Waals surface area contributed by atoms with Crippen LogP contribution in [0.5, 0.6) is 0 Å². The van der Waals surface area contributed by atoms with Crippen LogP contribution in [0.1, 0.15) is 18.4 Å². The van der Waals surface area contributed by atoms with E-state index in [0.29, 0.717) is 44.1 Å². The van der Waals surface area contributed by atoms with Gasteiger partial charge in [-0.1, -0.05) is 6.08 Å². The van der Waals surface area contributed by atoms with Gasteiger partial charge in [-0.3, -0.25) is 14.3 Å². The minimum Gasteiger partial charge on any atom is -0.357 e. The summed E-state index contributed by atoms with van der Waals surface area (Å²) >= 11 is 0. The van der Waals surface area contributed by atoms with Crippen LogP contribution in [0.15, 0.2) is 22.2 Å². The number of hydrogen-bond acceptors (Lipinski definition) is 5. The van der Waals surface area contributed by atoms with Gasteiger partial charge in [-0.25, -0.2) is 4.79 Å². The van der Waals surface area contributed by atoms with Crippen LogP contribution in [-0.2, 0) is 22.9 Å². The number of rotatable bonds is 3. The molecule has 2 saturated heterocycles. The predicted octanol–water partition coefficient (Wildman–Crippen LogP) is 0.145. The normalized spacial score (nSPS) is 20.5. The maximum atomic E-state index is 12.3. The lowest BCUT2D eigenvalue weighted by atomic mass is 10.0. The minimum atomic E-state index is -0.477. The van der Waals surface area contributed by atoms with Crippen LogP contribution < -0.4 is 16.1 Å². The lowest BCUT2D eigenvalue weighted by Crippen LogP contribution is -2.47. The Kier molecular flexibility index (Phi) is 3.92. The molecule has 1 N–H and O–H groups in total. The van der Waals surface area contributed by atoms with Crippen molar-refractivity contribution >= 4 is 5.82 Å². The number of allylic oxidation sites excluding steroid dienone is 1. The van der Waals surface area contributed by atoms with E-state index in [9.17, 15) is 9.59 Å². The van der Waals surface area contributed by atoms with Crippen molar-refractivity contribution in [2.24, 2.45) is 7.05 Å². The zero-order chi connectivity index (χ0) is 15.7. The SMILES string of the molecule is C=CCc1c(N2CCC3(CC2)OCCO3)[nH]c(=O)n(C)c1=O. The molecular formula is C15H21N3O4. The Morgan fingerprint density at radius 1 is 1.27 bits per heavy atom. The van der Waals surface area contributed by atoms with Crippen molar-refractivity contribution in [2.45, 2.75) is 25.0 Å². The fourth-order valence-electron chi connectivity index (χ4n) is 3.11. The molecule has 0 aliphatic carbocycles. The van der Waals surface area contributed by atoms with Crippen molar-refractivity contribution < 1.29 is 9.47 Å². The Morgan fingerprint density at radius 3 is 2.50 bits per heavy atom. The molecule has 120 valence electrons. The van der Waals surface area contributed by atoms with Gasteiger partial charge in [-0.05, 0) is 6.42 Å². The van der Waals surface area contributed by atoms with Gasteiger partial charge in [-0.15, -0.1) is 6.58 Å². The lowest BCUT2D eigenvalue weighted by molar-refractivity contribution is -0.169. The summed E-state index contributed by atoms with van der Waals surface area (Å²) < 4.78 is 12.5. The fraction of sp³-hybridized carbons (Fsp3) is 0.600. The summed E-state index contributed by atoms with van der Waals surface area (Å²) in [6, 6.07) is 0. The molecule has 1 aromatic heterocycles. The van der Waals surface area contributed by atoms with E-state index in [1.807, 2.05) is 4.90 Å². The third-order valence-corrected chi connectivity index (χ3v) is 4.38. The molecule has 3 heterocycles. The highest BCUT2D eigenvalue weighted by Gasteiger charge is 2.40. The fourth-order valence-corrected chi connectivity index (χ4v) is 3.11. The van der Waals surface area contributed by atoms with Crippen LogP contribution in [0.4, 0.5) is 5.82 Å². The number of hydrogen-bond donors (Lipinski definition) is 1. The van der Waals surface area contributed by atoms with E-state index in [0.717, 1.165) is 17.4 Å². The second-order valence-electron chi connectivity index (χ2n) is 5.71. The van der Waals surface area contributed by atoms with Crippen molar-refractivity contribution in [2.75, 3.05) is 31.2 Å². The molecule has 7 heteroatoms. The van der Waals surface area contributed by atoms with Crippen LogP contribution in [0, 0.1) is 0 Å². The monoisotopic (exact) mass is 307 g/mol. The Balaban J connectivity index is 1.90. The lowest BCUT2D eigenvalue weighted by Gasteiger charge is -2.38. The number of ether oxygens (including phenoxy) is 2. The average molecular weight is 307 g/mol. The largest absolute Gasteiger partial charge is 0.357 e. The molecule has 7 nitrogen and oxygen atoms in total. The standard InChI is InChI=1S/C15H21N3O4/c1-3-4-11-12(16-14(20)17(2)13(11)19)18-7-5-15(6-8-18)21-9-10-22-15/h3H,1,4-10H2,2H3,(H,16,20). The highest BCUT2D eigenvalue weighted by molar-refractivity contribution is 5.47. The van der Waals surface area contributed by atoms with Crippen LogP contribution in [-0.4, -0.2) is 41.6 Å². The average Bonchev–Trinajstić information content (AvgIpc) is 2.97. The molecule has 0 amide bonds.